The Morgan fingerprint density at radius 3 is 3.00 bits per heavy atom. The van der Waals surface area contributed by atoms with Crippen LogP contribution in [0.1, 0.15) is 15.9 Å². The third-order valence-electron chi connectivity index (χ3n) is 1.49. The lowest BCUT2D eigenvalue weighted by atomic mass is 10.2. The van der Waals surface area contributed by atoms with Crippen molar-refractivity contribution in [2.24, 2.45) is 4.99 Å². The molecule has 0 aliphatic heterocycles. The second kappa shape index (κ2) is 4.28. The number of carbonyl (C=O) groups excluding carboxylic acids is 1. The Hall–Kier alpha value is -1.03. The Kier molecular flexibility index (Phi) is 3.31. The second-order valence-electron chi connectivity index (χ2n) is 2.29. The molecule has 13 heavy (non-hydrogen) atoms. The minimum absolute atomic E-state index is 0.386. The number of aryl methyl sites for hydroxylation is 1. The maximum absolute atomic E-state index is 11.3. The van der Waals surface area contributed by atoms with Gasteiger partial charge in [0, 0.05) is 0 Å². The third-order valence-corrected chi connectivity index (χ3v) is 2.57. The number of methoxy groups -OCH3 is 1. The molecular formula is C8H7NO2S2. The number of thiophene rings is 1. The summed E-state index contributed by atoms with van der Waals surface area (Å²) in [5, 5.41) is 4.61. The lowest BCUT2D eigenvalue weighted by molar-refractivity contribution is 0.0601. The number of carbonyl (C=O) groups is 1. The Morgan fingerprint density at radius 1 is 1.77 bits per heavy atom. The van der Waals surface area contributed by atoms with E-state index in [4.69, 9.17) is 0 Å². The van der Waals surface area contributed by atoms with E-state index in [0.717, 1.165) is 5.56 Å². The van der Waals surface area contributed by atoms with Crippen LogP contribution in [0.2, 0.25) is 0 Å². The van der Waals surface area contributed by atoms with Crippen LogP contribution in [0, 0.1) is 6.92 Å². The predicted molar refractivity (Wildman–Crippen MR) is 55.1 cm³/mol. The van der Waals surface area contributed by atoms with Gasteiger partial charge in [-0.05, 0) is 30.1 Å². The zero-order chi connectivity index (χ0) is 9.84. The summed E-state index contributed by atoms with van der Waals surface area (Å²) in [5.41, 5.74) is 1.32. The van der Waals surface area contributed by atoms with Gasteiger partial charge in [0.25, 0.3) is 0 Å². The van der Waals surface area contributed by atoms with E-state index in [0.29, 0.717) is 10.6 Å². The molecule has 0 aliphatic rings. The predicted octanol–water partition coefficient (Wildman–Crippen LogP) is 2.58. The van der Waals surface area contributed by atoms with Gasteiger partial charge in [-0.3, -0.25) is 0 Å². The average Bonchev–Trinajstić information content (AvgIpc) is 2.47. The fourth-order valence-corrected chi connectivity index (χ4v) is 1.92. The molecule has 0 fully saturated rings. The molecule has 5 heteroatoms. The normalized spacial score (nSPS) is 9.08. The van der Waals surface area contributed by atoms with E-state index in [9.17, 15) is 4.79 Å². The fourth-order valence-electron chi connectivity index (χ4n) is 0.905. The van der Waals surface area contributed by atoms with Crippen LogP contribution in [-0.4, -0.2) is 18.2 Å². The van der Waals surface area contributed by atoms with E-state index in [1.165, 1.54) is 18.4 Å². The van der Waals surface area contributed by atoms with Crippen LogP contribution >= 0.6 is 23.6 Å². The van der Waals surface area contributed by atoms with Gasteiger partial charge in [-0.25, -0.2) is 4.79 Å². The smallest absolute Gasteiger partial charge is 0.341 e. The van der Waals surface area contributed by atoms with Crippen LogP contribution in [0.25, 0.3) is 0 Å². The summed E-state index contributed by atoms with van der Waals surface area (Å²) in [6.45, 7) is 1.82. The molecular weight excluding hydrogens is 206 g/mol. The van der Waals surface area contributed by atoms with E-state index in [1.807, 2.05) is 12.3 Å². The molecule has 0 saturated heterocycles. The molecule has 1 aromatic heterocycles. The molecule has 0 bridgehead atoms. The first kappa shape index (κ1) is 10.1. The summed E-state index contributed by atoms with van der Waals surface area (Å²) < 4.78 is 4.61. The quantitative estimate of drug-likeness (QED) is 0.430. The zero-order valence-corrected chi connectivity index (χ0v) is 8.79. The zero-order valence-electron chi connectivity index (χ0n) is 7.16. The first-order valence-electron chi connectivity index (χ1n) is 3.45. The number of aliphatic imine (C=N–C) groups is 1. The minimum atomic E-state index is -0.386. The van der Waals surface area contributed by atoms with Gasteiger partial charge in [0.1, 0.15) is 10.6 Å². The van der Waals surface area contributed by atoms with Crippen LogP contribution in [0.4, 0.5) is 5.00 Å². The number of isothiocyanates is 1. The van der Waals surface area contributed by atoms with Gasteiger partial charge >= 0.3 is 5.97 Å². The van der Waals surface area contributed by atoms with Crippen molar-refractivity contribution in [1.82, 2.24) is 0 Å². The number of thiocarbonyl (C=S) groups is 1. The van der Waals surface area contributed by atoms with Crippen molar-refractivity contribution >= 4 is 39.7 Å². The Bertz CT molecular complexity index is 377. The molecule has 1 heterocycles. The highest BCUT2D eigenvalue weighted by Crippen LogP contribution is 2.30. The topological polar surface area (TPSA) is 38.7 Å². The fraction of sp³-hybridized carbons (Fsp3) is 0.250. The molecule has 1 aromatic rings. The Labute approximate surface area is 85.1 Å². The van der Waals surface area contributed by atoms with Crippen molar-refractivity contribution in [1.29, 1.82) is 0 Å². The standard InChI is InChI=1S/C8H7NO2S2/c1-5-3-13-7(9-4-12)6(5)8(10)11-2/h3H,1-2H3. The van der Waals surface area contributed by atoms with Gasteiger partial charge in [0.2, 0.25) is 0 Å². The molecule has 0 aliphatic carbocycles. The molecule has 0 aromatic carbocycles. The molecule has 0 N–H and O–H groups in total. The van der Waals surface area contributed by atoms with Crippen molar-refractivity contribution < 1.29 is 9.53 Å². The van der Waals surface area contributed by atoms with Crippen LogP contribution in [0.3, 0.4) is 0 Å². The largest absolute Gasteiger partial charge is 0.465 e. The van der Waals surface area contributed by atoms with Gasteiger partial charge in [0.05, 0.1) is 12.3 Å². The lowest BCUT2D eigenvalue weighted by Gasteiger charge is -1.97. The Morgan fingerprint density at radius 2 is 2.46 bits per heavy atom. The summed E-state index contributed by atoms with van der Waals surface area (Å²) in [5.74, 6) is -0.386. The van der Waals surface area contributed by atoms with Crippen LogP contribution in [0.15, 0.2) is 10.4 Å². The Balaban J connectivity index is 3.23. The van der Waals surface area contributed by atoms with Gasteiger partial charge in [-0.2, -0.15) is 4.99 Å². The number of ether oxygens (including phenoxy) is 1. The molecule has 68 valence electrons. The number of rotatable bonds is 2. The molecule has 3 nitrogen and oxygen atoms in total. The summed E-state index contributed by atoms with van der Waals surface area (Å²) in [6, 6.07) is 0. The molecule has 0 unspecified atom stereocenters. The number of hydrogen-bond donors (Lipinski definition) is 0. The summed E-state index contributed by atoms with van der Waals surface area (Å²) in [7, 11) is 1.34. The molecule has 0 atom stereocenters. The third kappa shape index (κ3) is 2.01. The van der Waals surface area contributed by atoms with Gasteiger partial charge in [0.15, 0.2) is 0 Å². The van der Waals surface area contributed by atoms with Crippen LogP contribution < -0.4 is 0 Å². The first-order valence-corrected chi connectivity index (χ1v) is 4.73. The van der Waals surface area contributed by atoms with E-state index in [-0.39, 0.29) is 5.97 Å². The number of esters is 1. The molecule has 1 rings (SSSR count). The molecule has 0 spiro atoms. The summed E-state index contributed by atoms with van der Waals surface area (Å²) in [6.07, 6.45) is 0. The van der Waals surface area contributed by atoms with Gasteiger partial charge in [-0.15, -0.1) is 11.3 Å². The van der Waals surface area contributed by atoms with Crippen molar-refractivity contribution in [3.05, 3.63) is 16.5 Å². The van der Waals surface area contributed by atoms with Gasteiger partial charge < -0.3 is 4.74 Å². The maximum atomic E-state index is 11.3. The minimum Gasteiger partial charge on any atom is -0.465 e. The van der Waals surface area contributed by atoms with E-state index in [2.05, 4.69) is 27.1 Å². The number of hydrogen-bond acceptors (Lipinski definition) is 5. The van der Waals surface area contributed by atoms with Gasteiger partial charge in [-0.1, -0.05) is 0 Å². The monoisotopic (exact) mass is 213 g/mol. The first-order chi connectivity index (χ1) is 6.20. The van der Waals surface area contributed by atoms with Crippen LogP contribution in [-0.2, 0) is 4.74 Å². The van der Waals surface area contributed by atoms with E-state index in [1.54, 1.807) is 0 Å². The van der Waals surface area contributed by atoms with Crippen molar-refractivity contribution in [3.8, 4) is 0 Å². The highest BCUT2D eigenvalue weighted by atomic mass is 32.1. The SMILES string of the molecule is COC(=O)c1c(C)csc1N=C=S. The molecule has 0 radical (unpaired) electrons. The van der Waals surface area contributed by atoms with E-state index < -0.39 is 0 Å². The van der Waals surface area contributed by atoms with Crippen LogP contribution in [0.5, 0.6) is 0 Å². The van der Waals surface area contributed by atoms with Crippen molar-refractivity contribution in [2.45, 2.75) is 6.92 Å². The average molecular weight is 213 g/mol. The highest BCUT2D eigenvalue weighted by Gasteiger charge is 2.16. The van der Waals surface area contributed by atoms with Crippen molar-refractivity contribution in [3.63, 3.8) is 0 Å². The maximum Gasteiger partial charge on any atom is 0.341 e. The lowest BCUT2D eigenvalue weighted by Crippen LogP contribution is -2.01. The number of nitrogens with zero attached hydrogens (tertiary/aromatic N) is 1. The summed E-state index contributed by atoms with van der Waals surface area (Å²) >= 11 is 5.81. The van der Waals surface area contributed by atoms with E-state index >= 15 is 0 Å². The second-order valence-corrected chi connectivity index (χ2v) is 3.33. The summed E-state index contributed by atoms with van der Waals surface area (Å²) in [4.78, 5) is 15.0. The van der Waals surface area contributed by atoms with Crippen molar-refractivity contribution in [2.75, 3.05) is 7.11 Å². The molecule has 0 amide bonds. The highest BCUT2D eigenvalue weighted by molar-refractivity contribution is 7.78. The molecule has 0 saturated carbocycles.